The summed E-state index contributed by atoms with van der Waals surface area (Å²) in [7, 11) is 0. The molecule has 0 aliphatic heterocycles. The van der Waals surface area contributed by atoms with Gasteiger partial charge in [-0.1, -0.05) is 17.7 Å². The summed E-state index contributed by atoms with van der Waals surface area (Å²) in [4.78, 5) is 47.2. The number of carboxylic acid groups (broad SMARTS) is 2. The van der Waals surface area contributed by atoms with Gasteiger partial charge in [-0.05, 0) is 50.1 Å². The van der Waals surface area contributed by atoms with Crippen LogP contribution in [0.3, 0.4) is 0 Å². The third-order valence-electron chi connectivity index (χ3n) is 3.57. The van der Waals surface area contributed by atoms with Crippen molar-refractivity contribution in [1.82, 2.24) is 4.57 Å². The van der Waals surface area contributed by atoms with Crippen molar-refractivity contribution in [1.29, 1.82) is 0 Å². The molecule has 9 heteroatoms. The number of carbonyl (C=O) groups excluding carboxylic acids is 1. The Bertz CT molecular complexity index is 1020. The van der Waals surface area contributed by atoms with Crippen LogP contribution in [0.25, 0.3) is 11.1 Å². The zero-order valence-electron chi connectivity index (χ0n) is 15.4. The summed E-state index contributed by atoms with van der Waals surface area (Å²) in [6.45, 7) is 4.49. The fraction of sp³-hybridized carbons (Fsp3) is 0.263. The number of hydrogen-bond acceptors (Lipinski definition) is 5. The number of carboxylic acids is 2. The molecule has 2 rings (SSSR count). The maximum absolute atomic E-state index is 12.4. The first kappa shape index (κ1) is 21.2. The van der Waals surface area contributed by atoms with E-state index >= 15 is 0 Å². The molecule has 0 aliphatic rings. The van der Waals surface area contributed by atoms with Crippen LogP contribution in [0.1, 0.15) is 41.5 Å². The van der Waals surface area contributed by atoms with Crippen LogP contribution in [-0.2, 0) is 16.1 Å². The van der Waals surface area contributed by atoms with Gasteiger partial charge in [0.15, 0.2) is 0 Å². The molecule has 148 valence electrons. The zero-order valence-corrected chi connectivity index (χ0v) is 16.1. The maximum atomic E-state index is 12.4. The number of aromatic nitrogens is 1. The van der Waals surface area contributed by atoms with Crippen LogP contribution in [-0.4, -0.2) is 38.3 Å². The van der Waals surface area contributed by atoms with Crippen LogP contribution in [0.5, 0.6) is 0 Å². The molecule has 0 amide bonds. The molecule has 0 fully saturated rings. The summed E-state index contributed by atoms with van der Waals surface area (Å²) in [5.41, 5.74) is -1.84. The van der Waals surface area contributed by atoms with Crippen molar-refractivity contribution in [2.45, 2.75) is 32.9 Å². The topological polar surface area (TPSA) is 123 Å². The predicted octanol–water partition coefficient (Wildman–Crippen LogP) is 2.91. The van der Waals surface area contributed by atoms with Gasteiger partial charge in [0, 0.05) is 6.20 Å². The quantitative estimate of drug-likeness (QED) is 0.730. The van der Waals surface area contributed by atoms with E-state index in [1.165, 1.54) is 24.4 Å². The minimum absolute atomic E-state index is 0.0109. The summed E-state index contributed by atoms with van der Waals surface area (Å²) < 4.78 is 6.09. The zero-order chi connectivity index (χ0) is 21.2. The van der Waals surface area contributed by atoms with Gasteiger partial charge in [0.25, 0.3) is 5.56 Å². The standard InChI is InChI=1S/C19H18ClNO7/c1-19(2,3)28-15(22)9-21-8-11(7-13(16(21)23)18(26)27)10-4-5-14(20)12(6-10)17(24)25/h4-8H,9H2,1-3H3,(H,24,25)(H,26,27). The molecule has 0 bridgehead atoms. The Balaban J connectivity index is 2.58. The molecular weight excluding hydrogens is 390 g/mol. The highest BCUT2D eigenvalue weighted by Gasteiger charge is 2.20. The van der Waals surface area contributed by atoms with Crippen molar-refractivity contribution in [3.63, 3.8) is 0 Å². The molecule has 0 saturated carbocycles. The number of aromatic carboxylic acids is 2. The van der Waals surface area contributed by atoms with Crippen molar-refractivity contribution < 1.29 is 29.3 Å². The van der Waals surface area contributed by atoms with Crippen LogP contribution in [0, 0.1) is 0 Å². The van der Waals surface area contributed by atoms with Crippen molar-refractivity contribution in [3.05, 3.63) is 57.0 Å². The van der Waals surface area contributed by atoms with Gasteiger partial charge in [-0.15, -0.1) is 0 Å². The van der Waals surface area contributed by atoms with Crippen LogP contribution in [0.2, 0.25) is 5.02 Å². The molecule has 2 aromatic rings. The fourth-order valence-corrected chi connectivity index (χ4v) is 2.64. The second kappa shape index (κ2) is 7.85. The number of halogens is 1. The molecule has 1 aromatic heterocycles. The molecular formula is C19H18ClNO7. The molecule has 8 nitrogen and oxygen atoms in total. The first-order chi connectivity index (χ1) is 12.9. The van der Waals surface area contributed by atoms with Crippen LogP contribution < -0.4 is 5.56 Å². The highest BCUT2D eigenvalue weighted by molar-refractivity contribution is 6.33. The van der Waals surface area contributed by atoms with Crippen molar-refractivity contribution >= 4 is 29.5 Å². The number of rotatable bonds is 5. The van der Waals surface area contributed by atoms with Gasteiger partial charge in [-0.3, -0.25) is 9.59 Å². The fourth-order valence-electron chi connectivity index (χ4n) is 2.45. The van der Waals surface area contributed by atoms with Crippen LogP contribution in [0.4, 0.5) is 0 Å². The molecule has 0 atom stereocenters. The average molecular weight is 408 g/mol. The number of benzene rings is 1. The number of carbonyl (C=O) groups is 3. The number of esters is 1. The van der Waals surface area contributed by atoms with Gasteiger partial charge >= 0.3 is 17.9 Å². The Morgan fingerprint density at radius 3 is 2.14 bits per heavy atom. The normalized spacial score (nSPS) is 11.1. The van der Waals surface area contributed by atoms with Crippen molar-refractivity contribution in [2.75, 3.05) is 0 Å². The van der Waals surface area contributed by atoms with Gasteiger partial charge in [-0.2, -0.15) is 0 Å². The average Bonchev–Trinajstić information content (AvgIpc) is 2.54. The van der Waals surface area contributed by atoms with E-state index in [0.717, 1.165) is 10.6 Å². The molecule has 0 spiro atoms. The van der Waals surface area contributed by atoms with Crippen molar-refractivity contribution in [3.8, 4) is 11.1 Å². The monoisotopic (exact) mass is 407 g/mol. The lowest BCUT2D eigenvalue weighted by Crippen LogP contribution is -2.32. The Kier molecular flexibility index (Phi) is 5.94. The summed E-state index contributed by atoms with van der Waals surface area (Å²) in [6.07, 6.45) is 1.27. The Hall–Kier alpha value is -3.13. The largest absolute Gasteiger partial charge is 0.478 e. The van der Waals surface area contributed by atoms with E-state index in [9.17, 15) is 29.4 Å². The molecule has 0 unspecified atom stereocenters. The molecule has 1 aromatic carbocycles. The maximum Gasteiger partial charge on any atom is 0.341 e. The van der Waals surface area contributed by atoms with E-state index in [-0.39, 0.29) is 16.1 Å². The van der Waals surface area contributed by atoms with Crippen molar-refractivity contribution in [2.24, 2.45) is 0 Å². The highest BCUT2D eigenvalue weighted by Crippen LogP contribution is 2.25. The van der Waals surface area contributed by atoms with Gasteiger partial charge in [0.1, 0.15) is 17.7 Å². The Morgan fingerprint density at radius 1 is 1.04 bits per heavy atom. The lowest BCUT2D eigenvalue weighted by atomic mass is 10.0. The van der Waals surface area contributed by atoms with Crippen LogP contribution >= 0.6 is 11.6 Å². The van der Waals surface area contributed by atoms with Gasteiger partial charge in [0.05, 0.1) is 10.6 Å². The van der Waals surface area contributed by atoms with Gasteiger partial charge < -0.3 is 19.5 Å². The van der Waals surface area contributed by atoms with E-state index in [1.807, 2.05) is 0 Å². The number of nitrogens with zero attached hydrogens (tertiary/aromatic N) is 1. The van der Waals surface area contributed by atoms with Gasteiger partial charge in [-0.25, -0.2) is 9.59 Å². The highest BCUT2D eigenvalue weighted by atomic mass is 35.5. The Morgan fingerprint density at radius 2 is 1.61 bits per heavy atom. The molecule has 28 heavy (non-hydrogen) atoms. The minimum atomic E-state index is -1.47. The number of ether oxygens (including phenoxy) is 1. The minimum Gasteiger partial charge on any atom is -0.478 e. The van der Waals surface area contributed by atoms with Gasteiger partial charge in [0.2, 0.25) is 0 Å². The smallest absolute Gasteiger partial charge is 0.341 e. The Labute approximate surface area is 164 Å². The third kappa shape index (κ3) is 4.98. The second-order valence-electron chi connectivity index (χ2n) is 6.97. The van der Waals surface area contributed by atoms with E-state index < -0.39 is 41.2 Å². The summed E-state index contributed by atoms with van der Waals surface area (Å²) >= 11 is 5.86. The molecule has 0 aliphatic carbocycles. The summed E-state index contributed by atoms with van der Waals surface area (Å²) in [6, 6.07) is 5.21. The SMILES string of the molecule is CC(C)(C)OC(=O)Cn1cc(-c2ccc(Cl)c(C(=O)O)c2)cc(C(=O)O)c1=O. The van der Waals surface area contributed by atoms with E-state index in [0.29, 0.717) is 5.56 Å². The molecule has 0 radical (unpaired) electrons. The predicted molar refractivity (Wildman–Crippen MR) is 101 cm³/mol. The van der Waals surface area contributed by atoms with Crippen LogP contribution in [0.15, 0.2) is 35.3 Å². The first-order valence-electron chi connectivity index (χ1n) is 8.12. The summed E-state index contributed by atoms with van der Waals surface area (Å²) in [5, 5.41) is 18.5. The molecule has 0 saturated heterocycles. The van der Waals surface area contributed by atoms with E-state index in [1.54, 1.807) is 20.8 Å². The first-order valence-corrected chi connectivity index (χ1v) is 8.49. The molecule has 1 heterocycles. The summed E-state index contributed by atoms with van der Waals surface area (Å²) in [5.74, 6) is -3.45. The molecule has 2 N–H and O–H groups in total. The van der Waals surface area contributed by atoms with E-state index in [2.05, 4.69) is 0 Å². The third-order valence-corrected chi connectivity index (χ3v) is 3.90. The number of hydrogen-bond donors (Lipinski definition) is 2. The second-order valence-corrected chi connectivity index (χ2v) is 7.37. The lowest BCUT2D eigenvalue weighted by molar-refractivity contribution is -0.155. The van der Waals surface area contributed by atoms with E-state index in [4.69, 9.17) is 16.3 Å². The lowest BCUT2D eigenvalue weighted by Gasteiger charge is -2.20. The number of pyridine rings is 1.